The average Bonchev–Trinajstić information content (AvgIpc) is 2.26. The molecular weight excluding hydrogens is 208 g/mol. The van der Waals surface area contributed by atoms with Gasteiger partial charge in [-0.2, -0.15) is 0 Å². The van der Waals surface area contributed by atoms with Crippen LogP contribution in [0.3, 0.4) is 0 Å². The Morgan fingerprint density at radius 1 is 1.31 bits per heavy atom. The Bertz CT molecular complexity index is 250. The van der Waals surface area contributed by atoms with E-state index in [2.05, 4.69) is 10.6 Å². The molecule has 0 saturated heterocycles. The van der Waals surface area contributed by atoms with Gasteiger partial charge in [-0.25, -0.2) is 0 Å². The van der Waals surface area contributed by atoms with Crippen LogP contribution in [0.1, 0.15) is 40.0 Å². The van der Waals surface area contributed by atoms with E-state index in [9.17, 15) is 9.59 Å². The Labute approximate surface area is 96.6 Å². The summed E-state index contributed by atoms with van der Waals surface area (Å²) in [6.07, 6.45) is 1.49. The SMILES string of the molecule is CCC(C)(CC)NC(CC(=O)O)C(=O)NC. The summed E-state index contributed by atoms with van der Waals surface area (Å²) in [7, 11) is 1.51. The molecule has 0 saturated carbocycles. The van der Waals surface area contributed by atoms with E-state index < -0.39 is 12.0 Å². The molecule has 0 aromatic carbocycles. The number of hydrogen-bond donors (Lipinski definition) is 3. The second-order valence-corrected chi connectivity index (χ2v) is 4.18. The average molecular weight is 230 g/mol. The Balaban J connectivity index is 4.64. The first-order valence-corrected chi connectivity index (χ1v) is 5.59. The first-order chi connectivity index (χ1) is 7.38. The van der Waals surface area contributed by atoms with Crippen molar-refractivity contribution in [3.63, 3.8) is 0 Å². The maximum Gasteiger partial charge on any atom is 0.305 e. The van der Waals surface area contributed by atoms with E-state index in [1.165, 1.54) is 7.05 Å². The van der Waals surface area contributed by atoms with Gasteiger partial charge < -0.3 is 15.7 Å². The van der Waals surface area contributed by atoms with E-state index in [0.29, 0.717) is 0 Å². The molecule has 1 amide bonds. The van der Waals surface area contributed by atoms with Gasteiger partial charge in [0.25, 0.3) is 0 Å². The smallest absolute Gasteiger partial charge is 0.305 e. The molecule has 0 fully saturated rings. The molecular formula is C11H22N2O3. The van der Waals surface area contributed by atoms with Crippen LogP contribution in [0, 0.1) is 0 Å². The van der Waals surface area contributed by atoms with Gasteiger partial charge in [-0.15, -0.1) is 0 Å². The summed E-state index contributed by atoms with van der Waals surface area (Å²) in [6.45, 7) is 6.02. The summed E-state index contributed by atoms with van der Waals surface area (Å²) >= 11 is 0. The summed E-state index contributed by atoms with van der Waals surface area (Å²) in [5.74, 6) is -1.26. The Hall–Kier alpha value is -1.10. The second-order valence-electron chi connectivity index (χ2n) is 4.18. The zero-order chi connectivity index (χ0) is 12.8. The summed E-state index contributed by atoms with van der Waals surface area (Å²) < 4.78 is 0. The number of amides is 1. The minimum Gasteiger partial charge on any atom is -0.481 e. The molecule has 0 aliphatic rings. The van der Waals surface area contributed by atoms with Crippen LogP contribution in [0.15, 0.2) is 0 Å². The van der Waals surface area contributed by atoms with Gasteiger partial charge >= 0.3 is 5.97 Å². The highest BCUT2D eigenvalue weighted by Crippen LogP contribution is 2.15. The van der Waals surface area contributed by atoms with E-state index in [1.807, 2.05) is 20.8 Å². The number of carboxylic acids is 1. The van der Waals surface area contributed by atoms with Gasteiger partial charge in [0.2, 0.25) is 5.91 Å². The molecule has 5 nitrogen and oxygen atoms in total. The summed E-state index contributed by atoms with van der Waals surface area (Å²) in [5.41, 5.74) is -0.202. The lowest BCUT2D eigenvalue weighted by Crippen LogP contribution is -2.54. The molecule has 94 valence electrons. The number of hydrogen-bond acceptors (Lipinski definition) is 3. The van der Waals surface area contributed by atoms with Gasteiger partial charge in [-0.3, -0.25) is 9.59 Å². The molecule has 0 radical (unpaired) electrons. The number of carboxylic acid groups (broad SMARTS) is 1. The van der Waals surface area contributed by atoms with Crippen LogP contribution in [0.4, 0.5) is 0 Å². The van der Waals surface area contributed by atoms with Crippen LogP contribution >= 0.6 is 0 Å². The number of aliphatic carboxylic acids is 1. The fourth-order valence-corrected chi connectivity index (χ4v) is 1.43. The van der Waals surface area contributed by atoms with Crippen LogP contribution in [0.2, 0.25) is 0 Å². The van der Waals surface area contributed by atoms with E-state index in [-0.39, 0.29) is 17.9 Å². The van der Waals surface area contributed by atoms with Crippen molar-refractivity contribution >= 4 is 11.9 Å². The molecule has 3 N–H and O–H groups in total. The van der Waals surface area contributed by atoms with Gasteiger partial charge in [0.15, 0.2) is 0 Å². The summed E-state index contributed by atoms with van der Waals surface area (Å²) in [6, 6.07) is -0.674. The summed E-state index contributed by atoms with van der Waals surface area (Å²) in [4.78, 5) is 22.2. The molecule has 0 heterocycles. The van der Waals surface area contributed by atoms with Gasteiger partial charge in [-0.1, -0.05) is 13.8 Å². The van der Waals surface area contributed by atoms with Gasteiger partial charge in [-0.05, 0) is 19.8 Å². The predicted octanol–water partition coefficient (Wildman–Crippen LogP) is 0.744. The van der Waals surface area contributed by atoms with E-state index >= 15 is 0 Å². The third kappa shape index (κ3) is 4.61. The molecule has 1 unspecified atom stereocenters. The van der Waals surface area contributed by atoms with Crippen molar-refractivity contribution < 1.29 is 14.7 Å². The van der Waals surface area contributed by atoms with Gasteiger partial charge in [0.05, 0.1) is 12.5 Å². The quantitative estimate of drug-likeness (QED) is 0.603. The minimum absolute atomic E-state index is 0.199. The number of carbonyl (C=O) groups excluding carboxylic acids is 1. The fourth-order valence-electron chi connectivity index (χ4n) is 1.43. The van der Waals surface area contributed by atoms with Crippen molar-refractivity contribution in [2.75, 3.05) is 7.05 Å². The summed E-state index contributed by atoms with van der Waals surface area (Å²) in [5, 5.41) is 14.3. The largest absolute Gasteiger partial charge is 0.481 e. The molecule has 5 heteroatoms. The lowest BCUT2D eigenvalue weighted by atomic mass is 9.93. The van der Waals surface area contributed by atoms with Crippen LogP contribution in [-0.2, 0) is 9.59 Å². The molecule has 0 rings (SSSR count). The third-order valence-corrected chi connectivity index (χ3v) is 3.02. The van der Waals surface area contributed by atoms with E-state index in [4.69, 9.17) is 5.11 Å². The topological polar surface area (TPSA) is 78.4 Å². The molecule has 1 atom stereocenters. The zero-order valence-electron chi connectivity index (χ0n) is 10.5. The van der Waals surface area contributed by atoms with Crippen LogP contribution in [-0.4, -0.2) is 35.6 Å². The van der Waals surface area contributed by atoms with Crippen molar-refractivity contribution in [1.82, 2.24) is 10.6 Å². The van der Waals surface area contributed by atoms with Crippen molar-refractivity contribution in [2.45, 2.75) is 51.6 Å². The lowest BCUT2D eigenvalue weighted by Gasteiger charge is -2.32. The molecule has 16 heavy (non-hydrogen) atoms. The highest BCUT2D eigenvalue weighted by molar-refractivity contribution is 5.85. The lowest BCUT2D eigenvalue weighted by molar-refractivity contribution is -0.140. The number of rotatable bonds is 7. The highest BCUT2D eigenvalue weighted by atomic mass is 16.4. The Kier molecular flexibility index (Phi) is 6.03. The van der Waals surface area contributed by atoms with Crippen LogP contribution in [0.5, 0.6) is 0 Å². The van der Waals surface area contributed by atoms with Crippen LogP contribution < -0.4 is 10.6 Å². The van der Waals surface area contributed by atoms with Crippen LogP contribution in [0.25, 0.3) is 0 Å². The van der Waals surface area contributed by atoms with E-state index in [0.717, 1.165) is 12.8 Å². The number of carbonyl (C=O) groups is 2. The van der Waals surface area contributed by atoms with Crippen molar-refractivity contribution in [1.29, 1.82) is 0 Å². The van der Waals surface area contributed by atoms with E-state index in [1.54, 1.807) is 0 Å². The number of nitrogens with one attached hydrogen (secondary N) is 2. The fraction of sp³-hybridized carbons (Fsp3) is 0.818. The van der Waals surface area contributed by atoms with Gasteiger partial charge in [0, 0.05) is 12.6 Å². The third-order valence-electron chi connectivity index (χ3n) is 3.02. The Morgan fingerprint density at radius 2 is 1.81 bits per heavy atom. The first-order valence-electron chi connectivity index (χ1n) is 5.59. The molecule has 0 bridgehead atoms. The monoisotopic (exact) mass is 230 g/mol. The normalized spacial score (nSPS) is 13.2. The first kappa shape index (κ1) is 14.9. The molecule has 0 aromatic rings. The standard InChI is InChI=1S/C11H22N2O3/c1-5-11(3,6-2)13-8(7-9(14)15)10(16)12-4/h8,13H,5-7H2,1-4H3,(H,12,16)(H,14,15). The molecule has 0 spiro atoms. The minimum atomic E-state index is -0.976. The molecule has 0 aliphatic heterocycles. The van der Waals surface area contributed by atoms with Crippen molar-refractivity contribution in [3.05, 3.63) is 0 Å². The zero-order valence-corrected chi connectivity index (χ0v) is 10.5. The predicted molar refractivity (Wildman–Crippen MR) is 62.2 cm³/mol. The number of likely N-dealkylation sites (N-methyl/N-ethyl adjacent to an activating group) is 1. The van der Waals surface area contributed by atoms with Gasteiger partial charge in [0.1, 0.15) is 0 Å². The highest BCUT2D eigenvalue weighted by Gasteiger charge is 2.28. The van der Waals surface area contributed by atoms with Crippen molar-refractivity contribution in [2.24, 2.45) is 0 Å². The molecule has 0 aromatic heterocycles. The maximum atomic E-state index is 11.5. The maximum absolute atomic E-state index is 11.5. The Morgan fingerprint density at radius 3 is 2.12 bits per heavy atom. The molecule has 0 aliphatic carbocycles. The van der Waals surface area contributed by atoms with Crippen molar-refractivity contribution in [3.8, 4) is 0 Å². The second kappa shape index (κ2) is 6.48.